The number of carbonyl (C=O) groups excluding carboxylic acids is 2. The van der Waals surface area contributed by atoms with Crippen molar-refractivity contribution < 1.29 is 31.5 Å². The number of anilines is 3. The van der Waals surface area contributed by atoms with Crippen molar-refractivity contribution >= 4 is 62.0 Å². The van der Waals surface area contributed by atoms with Crippen LogP contribution in [0.5, 0.6) is 5.75 Å². The zero-order valence-electron chi connectivity index (χ0n) is 17.2. The smallest absolute Gasteiger partial charge is 0.333 e. The molecule has 0 spiro atoms. The van der Waals surface area contributed by atoms with E-state index in [1.165, 1.54) is 43.4 Å². The van der Waals surface area contributed by atoms with Crippen molar-refractivity contribution in [3.63, 3.8) is 0 Å². The summed E-state index contributed by atoms with van der Waals surface area (Å²) >= 11 is 6.52. The molecular formula is C20H15ClF2N4O5S2. The van der Waals surface area contributed by atoms with Gasteiger partial charge in [0.25, 0.3) is 15.9 Å². The van der Waals surface area contributed by atoms with Crippen LogP contribution in [0, 0.1) is 11.6 Å². The van der Waals surface area contributed by atoms with Gasteiger partial charge in [0.15, 0.2) is 18.3 Å². The molecule has 0 atom stereocenters. The maximum absolute atomic E-state index is 14.4. The third-order valence-electron chi connectivity index (χ3n) is 4.71. The second-order valence-corrected chi connectivity index (χ2v) is 10.5. The quantitative estimate of drug-likeness (QED) is 0.456. The predicted molar refractivity (Wildman–Crippen MR) is 123 cm³/mol. The molecule has 3 amide bonds. The molecule has 0 bridgehead atoms. The predicted octanol–water partition coefficient (Wildman–Crippen LogP) is 4.23. The Kier molecular flexibility index (Phi) is 6.34. The van der Waals surface area contributed by atoms with E-state index in [-0.39, 0.29) is 32.3 Å². The third-order valence-corrected chi connectivity index (χ3v) is 7.77. The molecule has 178 valence electrons. The van der Waals surface area contributed by atoms with E-state index >= 15 is 0 Å². The largest absolute Gasteiger partial charge is 0.469 e. The molecule has 1 aliphatic heterocycles. The van der Waals surface area contributed by atoms with Gasteiger partial charge in [-0.2, -0.15) is 0 Å². The zero-order chi connectivity index (χ0) is 24.6. The van der Waals surface area contributed by atoms with Crippen LogP contribution in [0.3, 0.4) is 0 Å². The van der Waals surface area contributed by atoms with Gasteiger partial charge in [-0.05, 0) is 42.5 Å². The molecule has 34 heavy (non-hydrogen) atoms. The highest BCUT2D eigenvalue weighted by molar-refractivity contribution is 7.92. The number of nitrogens with one attached hydrogen (secondary N) is 3. The van der Waals surface area contributed by atoms with Crippen molar-refractivity contribution in [2.45, 2.75) is 4.21 Å². The number of sulfonamides is 1. The van der Waals surface area contributed by atoms with E-state index in [1.54, 1.807) is 0 Å². The van der Waals surface area contributed by atoms with E-state index in [9.17, 15) is 26.8 Å². The van der Waals surface area contributed by atoms with Crippen molar-refractivity contribution in [1.29, 1.82) is 0 Å². The summed E-state index contributed by atoms with van der Waals surface area (Å²) in [5, 5.41) is 4.74. The summed E-state index contributed by atoms with van der Waals surface area (Å²) in [5.41, 5.74) is -0.137. The Balaban J connectivity index is 1.47. The number of nitrogens with zero attached hydrogens (tertiary/aromatic N) is 1. The SMILES string of the molecule is CNc1c(F)cc2c(c1F)OCN(c1ccc(NC(=O)NS(=O)(=O)c3ccc(Cl)s3)cc1)C2=O. The van der Waals surface area contributed by atoms with E-state index in [2.05, 4.69) is 10.6 Å². The molecule has 0 fully saturated rings. The van der Waals surface area contributed by atoms with Crippen LogP contribution in [0.1, 0.15) is 10.4 Å². The van der Waals surface area contributed by atoms with Crippen LogP contribution in [0.4, 0.5) is 30.6 Å². The van der Waals surface area contributed by atoms with Crippen LogP contribution in [0.2, 0.25) is 4.34 Å². The minimum atomic E-state index is -4.10. The first-order valence-corrected chi connectivity index (χ1v) is 12.1. The molecule has 1 aromatic heterocycles. The summed E-state index contributed by atoms with van der Waals surface area (Å²) in [6.45, 7) is -0.327. The minimum Gasteiger partial charge on any atom is -0.469 e. The monoisotopic (exact) mass is 528 g/mol. The standard InChI is InChI=1S/C20H15ClF2N4O5S2/c1-24-17-13(22)8-12-18(16(17)23)32-9-27(19(12)28)11-4-2-10(3-5-11)25-20(29)26-34(30,31)15-7-6-14(21)33-15/h2-8,24H,9H2,1H3,(H2,25,26,29). The van der Waals surface area contributed by atoms with E-state index in [4.69, 9.17) is 16.3 Å². The van der Waals surface area contributed by atoms with Crippen LogP contribution >= 0.6 is 22.9 Å². The number of ether oxygens (including phenoxy) is 1. The van der Waals surface area contributed by atoms with Gasteiger partial charge in [0.2, 0.25) is 0 Å². The maximum atomic E-state index is 14.4. The fourth-order valence-electron chi connectivity index (χ4n) is 3.15. The van der Waals surface area contributed by atoms with Crippen LogP contribution < -0.4 is 25.0 Å². The molecule has 2 aromatic carbocycles. The zero-order valence-corrected chi connectivity index (χ0v) is 19.6. The van der Waals surface area contributed by atoms with Crippen molar-refractivity contribution in [3.05, 3.63) is 64.0 Å². The number of halogens is 3. The second-order valence-electron chi connectivity index (χ2n) is 6.85. The van der Waals surface area contributed by atoms with Gasteiger partial charge in [-0.1, -0.05) is 11.6 Å². The highest BCUT2D eigenvalue weighted by atomic mass is 35.5. The molecule has 4 rings (SSSR count). The number of amides is 3. The molecule has 0 saturated heterocycles. The lowest BCUT2D eigenvalue weighted by molar-refractivity contribution is 0.0932. The molecule has 0 unspecified atom stereocenters. The molecule has 2 heterocycles. The van der Waals surface area contributed by atoms with Gasteiger partial charge in [-0.3, -0.25) is 9.69 Å². The van der Waals surface area contributed by atoms with Gasteiger partial charge in [0.05, 0.1) is 9.90 Å². The number of rotatable bonds is 5. The van der Waals surface area contributed by atoms with Crippen molar-refractivity contribution in [1.82, 2.24) is 4.72 Å². The number of hydrogen-bond donors (Lipinski definition) is 3. The van der Waals surface area contributed by atoms with Crippen molar-refractivity contribution in [3.8, 4) is 5.75 Å². The molecule has 0 radical (unpaired) electrons. The molecule has 0 aliphatic carbocycles. The summed E-state index contributed by atoms with van der Waals surface area (Å²) in [4.78, 5) is 26.1. The lowest BCUT2D eigenvalue weighted by atomic mass is 10.1. The number of hydrogen-bond acceptors (Lipinski definition) is 7. The lowest BCUT2D eigenvalue weighted by Crippen LogP contribution is -2.39. The first-order chi connectivity index (χ1) is 16.1. The average molecular weight is 529 g/mol. The van der Waals surface area contributed by atoms with Crippen LogP contribution in [0.15, 0.2) is 46.7 Å². The highest BCUT2D eigenvalue weighted by Gasteiger charge is 2.32. The third kappa shape index (κ3) is 4.49. The average Bonchev–Trinajstić information content (AvgIpc) is 3.23. The molecule has 14 heteroatoms. The van der Waals surface area contributed by atoms with Crippen molar-refractivity contribution in [2.24, 2.45) is 0 Å². The number of carbonyl (C=O) groups is 2. The van der Waals surface area contributed by atoms with Crippen LogP contribution in [-0.4, -0.2) is 34.1 Å². The highest BCUT2D eigenvalue weighted by Crippen LogP contribution is 2.36. The fraction of sp³-hybridized carbons (Fsp3) is 0.100. The number of benzene rings is 2. The second kappa shape index (κ2) is 9.08. The Labute approximate surface area is 201 Å². The lowest BCUT2D eigenvalue weighted by Gasteiger charge is -2.29. The maximum Gasteiger partial charge on any atom is 0.333 e. The normalized spacial score (nSPS) is 13.2. The molecule has 0 saturated carbocycles. The Bertz CT molecular complexity index is 1400. The van der Waals surface area contributed by atoms with Crippen molar-refractivity contribution in [2.75, 3.05) is 29.3 Å². The van der Waals surface area contributed by atoms with Gasteiger partial charge >= 0.3 is 6.03 Å². The first kappa shape index (κ1) is 23.7. The van der Waals surface area contributed by atoms with Crippen LogP contribution in [-0.2, 0) is 10.0 Å². The Morgan fingerprint density at radius 1 is 1.18 bits per heavy atom. The van der Waals surface area contributed by atoms with E-state index in [0.29, 0.717) is 5.69 Å². The van der Waals surface area contributed by atoms with Gasteiger partial charge in [-0.25, -0.2) is 26.7 Å². The van der Waals surface area contributed by atoms with Gasteiger partial charge in [0, 0.05) is 18.4 Å². The van der Waals surface area contributed by atoms with Gasteiger partial charge < -0.3 is 15.4 Å². The molecule has 1 aliphatic rings. The van der Waals surface area contributed by atoms with E-state index in [0.717, 1.165) is 22.3 Å². The Morgan fingerprint density at radius 3 is 2.50 bits per heavy atom. The molecule has 3 N–H and O–H groups in total. The summed E-state index contributed by atoms with van der Waals surface area (Å²) in [7, 11) is -2.75. The molecule has 3 aromatic rings. The number of fused-ring (bicyclic) bond motifs is 1. The summed E-state index contributed by atoms with van der Waals surface area (Å²) in [6, 6.07) is 8.27. The Hall–Kier alpha value is -3.42. The van der Waals surface area contributed by atoms with Gasteiger partial charge in [-0.15, -0.1) is 11.3 Å². The summed E-state index contributed by atoms with van der Waals surface area (Å²) in [5.74, 6) is -2.98. The summed E-state index contributed by atoms with van der Waals surface area (Å²) in [6.07, 6.45) is 0. The topological polar surface area (TPSA) is 117 Å². The summed E-state index contributed by atoms with van der Waals surface area (Å²) < 4.78 is 60.3. The fourth-order valence-corrected chi connectivity index (χ4v) is 5.54. The minimum absolute atomic E-state index is 0.124. The van der Waals surface area contributed by atoms with Crippen LogP contribution in [0.25, 0.3) is 0 Å². The Morgan fingerprint density at radius 2 is 1.88 bits per heavy atom. The van der Waals surface area contributed by atoms with E-state index in [1.807, 2.05) is 4.72 Å². The first-order valence-electron chi connectivity index (χ1n) is 9.44. The number of thiophene rings is 1. The van der Waals surface area contributed by atoms with E-state index < -0.39 is 39.3 Å². The number of urea groups is 1. The molecule has 9 nitrogen and oxygen atoms in total. The van der Waals surface area contributed by atoms with Gasteiger partial charge in [0.1, 0.15) is 15.7 Å². The molecular weight excluding hydrogens is 514 g/mol.